The molecule has 5 aromatic rings. The summed E-state index contributed by atoms with van der Waals surface area (Å²) in [6, 6.07) is 15.7. The predicted octanol–water partition coefficient (Wildman–Crippen LogP) is 2.63. The third-order valence-corrected chi connectivity index (χ3v) is 6.70. The Bertz CT molecular complexity index is 1360. The predicted molar refractivity (Wildman–Crippen MR) is 99.1 cm³/mol. The minimum Gasteiger partial charge on any atom is -0.234 e. The Labute approximate surface area is 157 Å². The van der Waals surface area contributed by atoms with Crippen molar-refractivity contribution in [1.82, 2.24) is 29.8 Å². The monoisotopic (exact) mass is 394 g/mol. The van der Waals surface area contributed by atoms with Crippen LogP contribution in [0.25, 0.3) is 26.7 Å². The molecular weight excluding hydrogens is 384 g/mol. The molecule has 0 aliphatic carbocycles. The second-order valence-corrected chi connectivity index (χ2v) is 8.52. The fourth-order valence-corrected chi connectivity index (χ4v) is 5.12. The largest absolute Gasteiger partial charge is 0.272 e. The molecule has 8 nitrogen and oxygen atoms in total. The fourth-order valence-electron chi connectivity index (χ4n) is 2.74. The molecule has 0 aliphatic rings. The van der Waals surface area contributed by atoms with Gasteiger partial charge in [-0.25, -0.2) is 13.4 Å². The maximum absolute atomic E-state index is 13.2. The number of para-hydroxylation sites is 1. The highest BCUT2D eigenvalue weighted by molar-refractivity contribution is 7.91. The quantitative estimate of drug-likeness (QED) is 0.463. The minimum atomic E-state index is -3.92. The van der Waals surface area contributed by atoms with E-state index in [4.69, 9.17) is 0 Å². The van der Waals surface area contributed by atoms with E-state index in [1.165, 1.54) is 34.3 Å². The first-order valence-electron chi connectivity index (χ1n) is 7.87. The van der Waals surface area contributed by atoms with Gasteiger partial charge in [-0.1, -0.05) is 30.3 Å². The second-order valence-electron chi connectivity index (χ2n) is 5.63. The number of benzene rings is 2. The van der Waals surface area contributed by atoms with Gasteiger partial charge < -0.3 is 0 Å². The van der Waals surface area contributed by atoms with E-state index in [2.05, 4.69) is 25.3 Å². The topological polar surface area (TPSA) is 103 Å². The number of aromatic nitrogens is 6. The summed E-state index contributed by atoms with van der Waals surface area (Å²) in [5.41, 5.74) is 1.02. The molecule has 0 fully saturated rings. The normalized spacial score (nSPS) is 12.0. The van der Waals surface area contributed by atoms with E-state index in [1.807, 2.05) is 24.3 Å². The Morgan fingerprint density at radius 2 is 1.70 bits per heavy atom. The summed E-state index contributed by atoms with van der Waals surface area (Å²) < 4.78 is 28.7. The molecular formula is C17H10N6O2S2. The highest BCUT2D eigenvalue weighted by atomic mass is 32.2. The fraction of sp³-hybridized carbons (Fsp3) is 0. The Hall–Kier alpha value is -3.24. The highest BCUT2D eigenvalue weighted by Crippen LogP contribution is 2.34. The molecule has 0 N–H and O–H groups in total. The first kappa shape index (κ1) is 16.0. The van der Waals surface area contributed by atoms with Crippen molar-refractivity contribution in [1.29, 1.82) is 0 Å². The van der Waals surface area contributed by atoms with E-state index in [9.17, 15) is 8.42 Å². The van der Waals surface area contributed by atoms with Gasteiger partial charge in [-0.3, -0.25) is 0 Å². The lowest BCUT2D eigenvalue weighted by Gasteiger charge is -2.08. The van der Waals surface area contributed by atoms with E-state index in [0.717, 1.165) is 10.2 Å². The number of thiazole rings is 1. The van der Waals surface area contributed by atoms with Crippen molar-refractivity contribution in [3.05, 3.63) is 60.9 Å². The van der Waals surface area contributed by atoms with E-state index in [-0.39, 0.29) is 21.4 Å². The summed E-state index contributed by atoms with van der Waals surface area (Å²) in [5.74, 6) is 0.205. The zero-order valence-electron chi connectivity index (χ0n) is 13.6. The van der Waals surface area contributed by atoms with Gasteiger partial charge in [-0.2, -0.15) is 14.6 Å². The average molecular weight is 394 g/mol. The lowest BCUT2D eigenvalue weighted by Crippen LogP contribution is -2.12. The summed E-state index contributed by atoms with van der Waals surface area (Å²) in [6.45, 7) is 0. The lowest BCUT2D eigenvalue weighted by atomic mass is 10.3. The Morgan fingerprint density at radius 1 is 0.926 bits per heavy atom. The molecule has 27 heavy (non-hydrogen) atoms. The van der Waals surface area contributed by atoms with Crippen LogP contribution in [-0.4, -0.2) is 38.2 Å². The van der Waals surface area contributed by atoms with Crippen LogP contribution in [0.2, 0.25) is 0 Å². The maximum Gasteiger partial charge on any atom is 0.272 e. The van der Waals surface area contributed by atoms with Crippen LogP contribution in [0, 0.1) is 0 Å². The zero-order valence-corrected chi connectivity index (χ0v) is 15.2. The first-order chi connectivity index (χ1) is 13.1. The van der Waals surface area contributed by atoms with Crippen LogP contribution < -0.4 is 0 Å². The van der Waals surface area contributed by atoms with Crippen LogP contribution in [0.5, 0.6) is 0 Å². The van der Waals surface area contributed by atoms with Crippen molar-refractivity contribution in [2.75, 3.05) is 0 Å². The molecule has 132 valence electrons. The molecule has 0 saturated heterocycles. The summed E-state index contributed by atoms with van der Waals surface area (Å²) in [4.78, 5) is 8.72. The van der Waals surface area contributed by atoms with Crippen molar-refractivity contribution in [2.24, 2.45) is 0 Å². The summed E-state index contributed by atoms with van der Waals surface area (Å²) in [7, 11) is -3.92. The zero-order chi connectivity index (χ0) is 18.4. The van der Waals surface area contributed by atoms with Gasteiger partial charge in [0.1, 0.15) is 17.0 Å². The van der Waals surface area contributed by atoms with Gasteiger partial charge in [-0.05, 0) is 24.3 Å². The van der Waals surface area contributed by atoms with Gasteiger partial charge in [0.25, 0.3) is 5.78 Å². The Kier molecular flexibility index (Phi) is 3.49. The molecule has 0 amide bonds. The van der Waals surface area contributed by atoms with Crippen molar-refractivity contribution in [2.45, 2.75) is 9.92 Å². The van der Waals surface area contributed by atoms with Crippen LogP contribution in [0.3, 0.4) is 0 Å². The van der Waals surface area contributed by atoms with Crippen LogP contribution in [-0.2, 0) is 9.84 Å². The van der Waals surface area contributed by atoms with E-state index < -0.39 is 9.84 Å². The molecule has 0 bridgehead atoms. The van der Waals surface area contributed by atoms with Crippen LogP contribution >= 0.6 is 11.3 Å². The van der Waals surface area contributed by atoms with Gasteiger partial charge in [0, 0.05) is 0 Å². The molecule has 0 radical (unpaired) electrons. The average Bonchev–Trinajstić information content (AvgIpc) is 3.34. The summed E-state index contributed by atoms with van der Waals surface area (Å²) in [6.07, 6.45) is 1.31. The van der Waals surface area contributed by atoms with Crippen molar-refractivity contribution < 1.29 is 8.42 Å². The van der Waals surface area contributed by atoms with Crippen LogP contribution in [0.4, 0.5) is 0 Å². The Balaban J connectivity index is 1.85. The highest BCUT2D eigenvalue weighted by Gasteiger charge is 2.29. The lowest BCUT2D eigenvalue weighted by molar-refractivity contribution is 0.589. The molecule has 10 heteroatoms. The standard InChI is InChI=1S/C17H10N6O2S2/c24-27(25,11-6-2-1-3-7-11)16-14(23-17(22-21-16)18-10-19-23)15-20-12-8-4-5-9-13(12)26-15/h1-10H. The van der Waals surface area contributed by atoms with Crippen LogP contribution in [0.1, 0.15) is 0 Å². The summed E-state index contributed by atoms with van der Waals surface area (Å²) in [5, 5.41) is 12.3. The number of hydrogen-bond acceptors (Lipinski definition) is 8. The van der Waals surface area contributed by atoms with E-state index in [0.29, 0.717) is 5.01 Å². The summed E-state index contributed by atoms with van der Waals surface area (Å²) >= 11 is 1.36. The number of nitrogens with zero attached hydrogens (tertiary/aromatic N) is 6. The Morgan fingerprint density at radius 3 is 2.52 bits per heavy atom. The van der Waals surface area contributed by atoms with Crippen molar-refractivity contribution >= 4 is 37.2 Å². The van der Waals surface area contributed by atoms with E-state index in [1.54, 1.807) is 18.2 Å². The molecule has 2 aromatic carbocycles. The van der Waals surface area contributed by atoms with Crippen molar-refractivity contribution in [3.8, 4) is 10.7 Å². The van der Waals surface area contributed by atoms with Gasteiger partial charge >= 0.3 is 0 Å². The number of rotatable bonds is 3. The second kappa shape index (κ2) is 5.89. The molecule has 0 unspecified atom stereocenters. The molecule has 0 aliphatic heterocycles. The number of hydrogen-bond donors (Lipinski definition) is 0. The van der Waals surface area contributed by atoms with Gasteiger partial charge in [0.2, 0.25) is 14.9 Å². The van der Waals surface area contributed by atoms with Gasteiger partial charge in [0.05, 0.1) is 15.1 Å². The van der Waals surface area contributed by atoms with Gasteiger partial charge in [-0.15, -0.1) is 21.5 Å². The smallest absolute Gasteiger partial charge is 0.234 e. The third-order valence-electron chi connectivity index (χ3n) is 3.98. The number of fused-ring (bicyclic) bond motifs is 2. The molecule has 5 rings (SSSR count). The van der Waals surface area contributed by atoms with Crippen molar-refractivity contribution in [3.63, 3.8) is 0 Å². The first-order valence-corrected chi connectivity index (χ1v) is 10.2. The van der Waals surface area contributed by atoms with Crippen LogP contribution in [0.15, 0.2) is 70.8 Å². The maximum atomic E-state index is 13.2. The molecule has 0 saturated carbocycles. The number of sulfone groups is 1. The molecule has 3 heterocycles. The van der Waals surface area contributed by atoms with E-state index >= 15 is 0 Å². The molecule has 0 spiro atoms. The molecule has 0 atom stereocenters. The van der Waals surface area contributed by atoms with Gasteiger partial charge in [0.15, 0.2) is 0 Å². The third kappa shape index (κ3) is 2.49. The SMILES string of the molecule is O=S(=O)(c1ccccc1)c1nnc2ncnn2c1-c1nc2ccccc2s1. The molecule has 3 aromatic heterocycles. The minimum absolute atomic E-state index is 0.126.